The number of hydrogen-bond donors (Lipinski definition) is 1. The van der Waals surface area contributed by atoms with Gasteiger partial charge in [-0.2, -0.15) is 5.10 Å². The van der Waals surface area contributed by atoms with Crippen LogP contribution in [-0.4, -0.2) is 55.1 Å². The summed E-state index contributed by atoms with van der Waals surface area (Å²) < 4.78 is 7.10. The highest BCUT2D eigenvalue weighted by Crippen LogP contribution is 2.39. The standard InChI is InChI=1S/C24H24N8O3S/c1-35-20-4-2-3-5-21(20)36-19-10-12-30(13-11-19)24-22(32(33)34)23(26-15-27-24)29-17-6-8-18(9-7-17)31-16-25-14-28-31/h2-9,14-16,19H,10-13H2,1H3,(H,26,27,29). The van der Waals surface area contributed by atoms with Gasteiger partial charge >= 0.3 is 5.69 Å². The third-order valence-corrected chi connectivity index (χ3v) is 7.30. The Morgan fingerprint density at radius 2 is 1.86 bits per heavy atom. The topological polar surface area (TPSA) is 124 Å². The Hall–Kier alpha value is -4.19. The van der Waals surface area contributed by atoms with E-state index in [9.17, 15) is 10.1 Å². The van der Waals surface area contributed by atoms with Gasteiger partial charge in [0.1, 0.15) is 24.7 Å². The molecule has 0 bridgehead atoms. The van der Waals surface area contributed by atoms with Crippen LogP contribution < -0.4 is 15.0 Å². The third-order valence-electron chi connectivity index (χ3n) is 5.90. The minimum absolute atomic E-state index is 0.131. The maximum absolute atomic E-state index is 12.1. The molecule has 0 saturated carbocycles. The molecule has 0 spiro atoms. The van der Waals surface area contributed by atoms with E-state index in [2.05, 4.69) is 31.4 Å². The molecule has 0 aliphatic carbocycles. The van der Waals surface area contributed by atoms with Crippen LogP contribution in [-0.2, 0) is 0 Å². The van der Waals surface area contributed by atoms with Crippen molar-refractivity contribution in [3.63, 3.8) is 0 Å². The molecule has 2 aromatic heterocycles. The summed E-state index contributed by atoms with van der Waals surface area (Å²) in [5, 5.41) is 19.6. The molecule has 1 saturated heterocycles. The zero-order valence-corrected chi connectivity index (χ0v) is 20.3. The second-order valence-corrected chi connectivity index (χ2v) is 9.46. The SMILES string of the molecule is COc1ccccc1SC1CCN(c2ncnc(Nc3ccc(-n4cncn4)cc3)c2[N+](=O)[O-])CC1. The summed E-state index contributed by atoms with van der Waals surface area (Å²) in [6, 6.07) is 15.3. The number of nitrogens with one attached hydrogen (secondary N) is 1. The van der Waals surface area contributed by atoms with E-state index < -0.39 is 4.92 Å². The minimum atomic E-state index is -0.420. The number of rotatable bonds is 8. The molecule has 5 rings (SSSR count). The molecule has 4 aromatic rings. The van der Waals surface area contributed by atoms with E-state index in [0.29, 0.717) is 29.8 Å². The molecule has 0 radical (unpaired) electrons. The Morgan fingerprint density at radius 1 is 1.08 bits per heavy atom. The summed E-state index contributed by atoms with van der Waals surface area (Å²) in [5.74, 6) is 1.35. The number of methoxy groups -OCH3 is 1. The van der Waals surface area contributed by atoms with Crippen molar-refractivity contribution in [3.8, 4) is 11.4 Å². The summed E-state index contributed by atoms with van der Waals surface area (Å²) in [6.45, 7) is 1.33. The highest BCUT2D eigenvalue weighted by atomic mass is 32.2. The number of nitro groups is 1. The van der Waals surface area contributed by atoms with Gasteiger partial charge in [-0.3, -0.25) is 10.1 Å². The molecule has 3 heterocycles. The molecule has 2 aromatic carbocycles. The van der Waals surface area contributed by atoms with Gasteiger partial charge in [0, 0.05) is 28.9 Å². The molecule has 36 heavy (non-hydrogen) atoms. The number of hydrogen-bond acceptors (Lipinski definition) is 10. The van der Waals surface area contributed by atoms with E-state index in [-0.39, 0.29) is 11.5 Å². The first-order valence-corrected chi connectivity index (χ1v) is 12.3. The van der Waals surface area contributed by atoms with E-state index in [1.807, 2.05) is 47.4 Å². The molecule has 184 valence electrons. The Kier molecular flexibility index (Phi) is 6.94. The van der Waals surface area contributed by atoms with Gasteiger partial charge < -0.3 is 15.0 Å². The molecular formula is C24H24N8O3S. The summed E-state index contributed by atoms with van der Waals surface area (Å²) in [5.41, 5.74) is 1.36. The monoisotopic (exact) mass is 504 g/mol. The maximum atomic E-state index is 12.1. The predicted molar refractivity (Wildman–Crippen MR) is 137 cm³/mol. The zero-order chi connectivity index (χ0) is 24.9. The Bertz CT molecular complexity index is 1330. The average molecular weight is 505 g/mol. The van der Waals surface area contributed by atoms with E-state index in [1.165, 1.54) is 12.7 Å². The van der Waals surface area contributed by atoms with Crippen molar-refractivity contribution < 1.29 is 9.66 Å². The van der Waals surface area contributed by atoms with Crippen LogP contribution >= 0.6 is 11.8 Å². The predicted octanol–water partition coefficient (Wildman–Crippen LogP) is 4.48. The largest absolute Gasteiger partial charge is 0.496 e. The Morgan fingerprint density at radius 3 is 2.56 bits per heavy atom. The fourth-order valence-corrected chi connectivity index (χ4v) is 5.35. The number of nitrogens with zero attached hydrogens (tertiary/aromatic N) is 7. The zero-order valence-electron chi connectivity index (χ0n) is 19.5. The first-order chi connectivity index (χ1) is 17.6. The van der Waals surface area contributed by atoms with Crippen molar-refractivity contribution in [1.29, 1.82) is 0 Å². The lowest BCUT2D eigenvalue weighted by molar-refractivity contribution is -0.383. The lowest BCUT2D eigenvalue weighted by Crippen LogP contribution is -2.35. The van der Waals surface area contributed by atoms with Crippen molar-refractivity contribution in [1.82, 2.24) is 24.7 Å². The fraction of sp³-hybridized carbons (Fsp3) is 0.250. The first-order valence-electron chi connectivity index (χ1n) is 11.4. The van der Waals surface area contributed by atoms with Gasteiger partial charge in [-0.05, 0) is 49.2 Å². The average Bonchev–Trinajstić information content (AvgIpc) is 3.45. The second-order valence-electron chi connectivity index (χ2n) is 8.12. The molecule has 12 heteroatoms. The lowest BCUT2D eigenvalue weighted by Gasteiger charge is -2.32. The van der Waals surface area contributed by atoms with Crippen LogP contribution in [0, 0.1) is 10.1 Å². The smallest absolute Gasteiger partial charge is 0.353 e. The molecule has 1 aliphatic rings. The first kappa shape index (κ1) is 23.5. The molecule has 0 atom stereocenters. The van der Waals surface area contributed by atoms with Gasteiger partial charge in [-0.15, -0.1) is 11.8 Å². The van der Waals surface area contributed by atoms with E-state index >= 15 is 0 Å². The van der Waals surface area contributed by atoms with Crippen molar-refractivity contribution in [2.75, 3.05) is 30.4 Å². The molecular weight excluding hydrogens is 480 g/mol. The molecule has 1 fully saturated rings. The maximum Gasteiger partial charge on any atom is 0.353 e. The highest BCUT2D eigenvalue weighted by Gasteiger charge is 2.30. The summed E-state index contributed by atoms with van der Waals surface area (Å²) in [4.78, 5) is 27.2. The summed E-state index contributed by atoms with van der Waals surface area (Å²) >= 11 is 1.79. The van der Waals surface area contributed by atoms with Gasteiger partial charge in [-0.25, -0.2) is 19.6 Å². The van der Waals surface area contributed by atoms with E-state index in [4.69, 9.17) is 4.74 Å². The molecule has 1 N–H and O–H groups in total. The van der Waals surface area contributed by atoms with Crippen molar-refractivity contribution in [2.45, 2.75) is 23.0 Å². The van der Waals surface area contributed by atoms with Gasteiger partial charge in [0.05, 0.1) is 17.7 Å². The quantitative estimate of drug-likeness (QED) is 0.271. The number of thioether (sulfide) groups is 1. The Balaban J connectivity index is 1.30. The normalized spacial score (nSPS) is 14.0. The lowest BCUT2D eigenvalue weighted by atomic mass is 10.1. The van der Waals surface area contributed by atoms with E-state index in [0.717, 1.165) is 29.2 Å². The number of benzene rings is 2. The number of piperidine rings is 1. The van der Waals surface area contributed by atoms with Gasteiger partial charge in [0.15, 0.2) is 0 Å². The second kappa shape index (κ2) is 10.6. The van der Waals surface area contributed by atoms with Crippen LogP contribution in [0.4, 0.5) is 23.0 Å². The number of para-hydroxylation sites is 1. The number of ether oxygens (including phenoxy) is 1. The molecule has 0 amide bonds. The minimum Gasteiger partial charge on any atom is -0.496 e. The molecule has 0 unspecified atom stereocenters. The van der Waals surface area contributed by atoms with Crippen LogP contribution in [0.5, 0.6) is 5.75 Å². The van der Waals surface area contributed by atoms with Gasteiger partial charge in [0.2, 0.25) is 11.6 Å². The third kappa shape index (κ3) is 5.08. The highest BCUT2D eigenvalue weighted by molar-refractivity contribution is 8.00. The summed E-state index contributed by atoms with van der Waals surface area (Å²) in [6.07, 6.45) is 6.16. The van der Waals surface area contributed by atoms with E-state index in [1.54, 1.807) is 29.9 Å². The number of anilines is 3. The van der Waals surface area contributed by atoms with Crippen molar-refractivity contribution >= 4 is 34.8 Å². The van der Waals surface area contributed by atoms with Crippen molar-refractivity contribution in [2.24, 2.45) is 0 Å². The van der Waals surface area contributed by atoms with Crippen LogP contribution in [0.2, 0.25) is 0 Å². The summed E-state index contributed by atoms with van der Waals surface area (Å²) in [7, 11) is 1.67. The van der Waals surface area contributed by atoms with Crippen LogP contribution in [0.1, 0.15) is 12.8 Å². The fourth-order valence-electron chi connectivity index (χ4n) is 4.12. The van der Waals surface area contributed by atoms with Gasteiger partial charge in [-0.1, -0.05) is 12.1 Å². The van der Waals surface area contributed by atoms with Crippen LogP contribution in [0.25, 0.3) is 5.69 Å². The van der Waals surface area contributed by atoms with Crippen LogP contribution in [0.15, 0.2) is 72.4 Å². The van der Waals surface area contributed by atoms with Crippen LogP contribution in [0.3, 0.4) is 0 Å². The molecule has 1 aliphatic heterocycles. The van der Waals surface area contributed by atoms with Gasteiger partial charge in [0.25, 0.3) is 0 Å². The van der Waals surface area contributed by atoms with Crippen molar-refractivity contribution in [3.05, 3.63) is 77.6 Å². The molecule has 11 nitrogen and oxygen atoms in total. The Labute approximate surface area is 211 Å². The number of aromatic nitrogens is 5.